The van der Waals surface area contributed by atoms with E-state index in [1.807, 2.05) is 18.2 Å². The van der Waals surface area contributed by atoms with Crippen molar-refractivity contribution in [3.8, 4) is 0 Å². The van der Waals surface area contributed by atoms with Crippen molar-refractivity contribution in [2.75, 3.05) is 11.5 Å². The minimum absolute atomic E-state index is 0.136. The lowest BCUT2D eigenvalue weighted by atomic mass is 9.69. The molecule has 0 saturated carbocycles. The molecule has 0 bridgehead atoms. The van der Waals surface area contributed by atoms with Gasteiger partial charge in [0.25, 0.3) is 0 Å². The van der Waals surface area contributed by atoms with E-state index in [4.69, 9.17) is 11.5 Å². The second-order valence-corrected chi connectivity index (χ2v) is 7.51. The highest BCUT2D eigenvalue weighted by atomic mass is 79.9. The first-order valence-electron chi connectivity index (χ1n) is 7.66. The third-order valence-corrected chi connectivity index (χ3v) is 5.65. The van der Waals surface area contributed by atoms with Gasteiger partial charge in [-0.1, -0.05) is 31.6 Å². The molecule has 0 radical (unpaired) electrons. The molecule has 0 heterocycles. The largest absolute Gasteiger partial charge is 0.398 e. The molecule has 2 aromatic carbocycles. The predicted octanol–water partition coefficient (Wildman–Crippen LogP) is 6.04. The van der Waals surface area contributed by atoms with Gasteiger partial charge < -0.3 is 11.5 Å². The molecule has 23 heavy (non-hydrogen) atoms. The summed E-state index contributed by atoms with van der Waals surface area (Å²) in [5.74, 6) is 0. The molecule has 4 N–H and O–H groups in total. The van der Waals surface area contributed by atoms with Gasteiger partial charge in [-0.15, -0.1) is 6.58 Å². The van der Waals surface area contributed by atoms with Gasteiger partial charge in [0, 0.05) is 25.7 Å². The van der Waals surface area contributed by atoms with Gasteiger partial charge in [0.1, 0.15) is 0 Å². The second kappa shape index (κ2) is 7.54. The van der Waals surface area contributed by atoms with Crippen LogP contribution in [0.4, 0.5) is 11.4 Å². The molecule has 0 unspecified atom stereocenters. The summed E-state index contributed by atoms with van der Waals surface area (Å²) in [6.07, 6.45) is 4.93. The number of benzene rings is 2. The molecular weight excluding hydrogens is 416 g/mol. The number of anilines is 2. The summed E-state index contributed by atoms with van der Waals surface area (Å²) in [6.45, 7) is 6.19. The summed E-state index contributed by atoms with van der Waals surface area (Å²) in [7, 11) is 0. The van der Waals surface area contributed by atoms with Gasteiger partial charge in [-0.05, 0) is 80.1 Å². The number of halogens is 2. The van der Waals surface area contributed by atoms with Gasteiger partial charge in [0.05, 0.1) is 0 Å². The molecular formula is C19H22Br2N2. The topological polar surface area (TPSA) is 52.0 Å². The Morgan fingerprint density at radius 2 is 1.48 bits per heavy atom. The first kappa shape index (κ1) is 18.1. The van der Waals surface area contributed by atoms with Crippen LogP contribution in [0.1, 0.15) is 37.3 Å². The second-order valence-electron chi connectivity index (χ2n) is 5.80. The molecule has 0 amide bonds. The van der Waals surface area contributed by atoms with Crippen molar-refractivity contribution in [1.82, 2.24) is 0 Å². The fourth-order valence-corrected chi connectivity index (χ4v) is 3.87. The van der Waals surface area contributed by atoms with Crippen LogP contribution >= 0.6 is 31.9 Å². The van der Waals surface area contributed by atoms with Crippen molar-refractivity contribution >= 4 is 43.2 Å². The van der Waals surface area contributed by atoms with Gasteiger partial charge in [-0.3, -0.25) is 0 Å². The van der Waals surface area contributed by atoms with Gasteiger partial charge in [-0.25, -0.2) is 0 Å². The van der Waals surface area contributed by atoms with Crippen LogP contribution in [0.25, 0.3) is 0 Å². The van der Waals surface area contributed by atoms with Crippen molar-refractivity contribution in [3.63, 3.8) is 0 Å². The Labute approximate surface area is 155 Å². The lowest BCUT2D eigenvalue weighted by molar-refractivity contribution is 0.471. The van der Waals surface area contributed by atoms with E-state index < -0.39 is 0 Å². The molecule has 0 fully saturated rings. The maximum absolute atomic E-state index is 5.97. The number of nitrogen functional groups attached to an aromatic ring is 2. The Morgan fingerprint density at radius 3 is 1.83 bits per heavy atom. The Balaban J connectivity index is 2.69. The summed E-state index contributed by atoms with van der Waals surface area (Å²) in [6, 6.07) is 12.4. The van der Waals surface area contributed by atoms with E-state index in [0.29, 0.717) is 0 Å². The fourth-order valence-electron chi connectivity index (χ4n) is 3.12. The van der Waals surface area contributed by atoms with Gasteiger partial charge in [0.15, 0.2) is 0 Å². The molecule has 0 aliphatic carbocycles. The van der Waals surface area contributed by atoms with Crippen molar-refractivity contribution in [1.29, 1.82) is 0 Å². The summed E-state index contributed by atoms with van der Waals surface area (Å²) < 4.78 is 1.85. The number of rotatable bonds is 6. The maximum Gasteiger partial charge on any atom is 0.0458 e. The fraction of sp³-hybridized carbons (Fsp3) is 0.263. The minimum atomic E-state index is -0.136. The average molecular weight is 438 g/mol. The molecule has 2 rings (SSSR count). The molecule has 122 valence electrons. The predicted molar refractivity (Wildman–Crippen MR) is 108 cm³/mol. The standard InChI is InChI=1S/C19H22Br2N2/c1-3-9-19(10-4-2,13-5-7-17(22)15(20)11-13)14-6-8-18(23)16(21)12-14/h3,5-8,11-12H,1,4,9-10,22-23H2,2H3. The molecule has 0 saturated heterocycles. The zero-order chi connectivity index (χ0) is 17.0. The van der Waals surface area contributed by atoms with Crippen LogP contribution in [0, 0.1) is 0 Å². The third-order valence-electron chi connectivity index (χ3n) is 4.28. The molecule has 0 spiro atoms. The maximum atomic E-state index is 5.97. The van der Waals surface area contributed by atoms with E-state index in [2.05, 4.69) is 69.6 Å². The Kier molecular flexibility index (Phi) is 5.93. The lowest BCUT2D eigenvalue weighted by Crippen LogP contribution is -2.27. The van der Waals surface area contributed by atoms with E-state index in [-0.39, 0.29) is 5.41 Å². The molecule has 0 atom stereocenters. The Hall–Kier alpha value is -1.26. The van der Waals surface area contributed by atoms with Crippen LogP contribution in [-0.2, 0) is 5.41 Å². The number of allylic oxidation sites excluding steroid dienone is 1. The van der Waals surface area contributed by atoms with Gasteiger partial charge in [0.2, 0.25) is 0 Å². The van der Waals surface area contributed by atoms with E-state index >= 15 is 0 Å². The van der Waals surface area contributed by atoms with Crippen molar-refractivity contribution in [2.24, 2.45) is 0 Å². The van der Waals surface area contributed by atoms with Crippen molar-refractivity contribution < 1.29 is 0 Å². The van der Waals surface area contributed by atoms with E-state index in [1.54, 1.807) is 0 Å². The average Bonchev–Trinajstić information content (AvgIpc) is 2.52. The number of nitrogens with two attached hydrogens (primary N) is 2. The van der Waals surface area contributed by atoms with Crippen LogP contribution in [-0.4, -0.2) is 0 Å². The van der Waals surface area contributed by atoms with Gasteiger partial charge >= 0.3 is 0 Å². The molecule has 0 aromatic heterocycles. The molecule has 0 aliphatic rings. The van der Waals surface area contributed by atoms with Crippen LogP contribution in [0.5, 0.6) is 0 Å². The highest BCUT2D eigenvalue weighted by Crippen LogP contribution is 2.43. The normalized spacial score (nSPS) is 11.4. The Morgan fingerprint density at radius 1 is 1.00 bits per heavy atom. The Bertz CT molecular complexity index is 659. The summed E-state index contributed by atoms with van der Waals surface area (Å²) >= 11 is 7.12. The first-order valence-corrected chi connectivity index (χ1v) is 9.25. The van der Waals surface area contributed by atoms with E-state index in [0.717, 1.165) is 39.6 Å². The number of hydrogen-bond donors (Lipinski definition) is 2. The minimum Gasteiger partial charge on any atom is -0.398 e. The quantitative estimate of drug-likeness (QED) is 0.427. The summed E-state index contributed by atoms with van der Waals surface area (Å²) in [4.78, 5) is 0. The van der Waals surface area contributed by atoms with Crippen LogP contribution in [0.3, 0.4) is 0 Å². The number of hydrogen-bond acceptors (Lipinski definition) is 2. The smallest absolute Gasteiger partial charge is 0.0458 e. The molecule has 2 nitrogen and oxygen atoms in total. The van der Waals surface area contributed by atoms with Crippen molar-refractivity contribution in [2.45, 2.75) is 31.6 Å². The van der Waals surface area contributed by atoms with E-state index in [9.17, 15) is 0 Å². The summed E-state index contributed by atoms with van der Waals surface area (Å²) in [5.41, 5.74) is 15.8. The molecule has 4 heteroatoms. The first-order chi connectivity index (χ1) is 10.9. The monoisotopic (exact) mass is 436 g/mol. The lowest BCUT2D eigenvalue weighted by Gasteiger charge is -2.35. The zero-order valence-corrected chi connectivity index (χ0v) is 16.5. The molecule has 2 aromatic rings. The van der Waals surface area contributed by atoms with Crippen LogP contribution < -0.4 is 11.5 Å². The SMILES string of the molecule is C=CCC(CCC)(c1ccc(N)c(Br)c1)c1ccc(N)c(Br)c1. The molecule has 0 aliphatic heterocycles. The van der Waals surface area contributed by atoms with Crippen molar-refractivity contribution in [3.05, 3.63) is 69.1 Å². The zero-order valence-electron chi connectivity index (χ0n) is 13.3. The highest BCUT2D eigenvalue weighted by molar-refractivity contribution is 9.11. The highest BCUT2D eigenvalue weighted by Gasteiger charge is 2.33. The van der Waals surface area contributed by atoms with E-state index in [1.165, 1.54) is 11.1 Å². The van der Waals surface area contributed by atoms with Gasteiger partial charge in [-0.2, -0.15) is 0 Å². The van der Waals surface area contributed by atoms with Crippen LogP contribution in [0.2, 0.25) is 0 Å². The third kappa shape index (κ3) is 3.64. The summed E-state index contributed by atoms with van der Waals surface area (Å²) in [5, 5.41) is 0. The van der Waals surface area contributed by atoms with Crippen LogP contribution in [0.15, 0.2) is 58.0 Å².